The number of hydrogen-bond donors (Lipinski definition) is 0. The largest absolute Gasteiger partial charge is 0.315 e. The van der Waals surface area contributed by atoms with Gasteiger partial charge >= 0.3 is 0 Å². The number of benzene rings is 2. The molecule has 1 unspecified atom stereocenters. The van der Waals surface area contributed by atoms with Gasteiger partial charge in [-0.15, -0.1) is 0 Å². The lowest BCUT2D eigenvalue weighted by Gasteiger charge is -2.39. The summed E-state index contributed by atoms with van der Waals surface area (Å²) in [7, 11) is 1.88. The number of fused-ring (bicyclic) bond motifs is 1. The Morgan fingerprint density at radius 1 is 1.05 bits per heavy atom. The summed E-state index contributed by atoms with van der Waals surface area (Å²) >= 11 is 0. The van der Waals surface area contributed by atoms with Crippen molar-refractivity contribution in [2.24, 2.45) is 5.41 Å². The molecule has 0 fully saturated rings. The summed E-state index contributed by atoms with van der Waals surface area (Å²) in [6.45, 7) is 2.08. The van der Waals surface area contributed by atoms with E-state index in [0.717, 1.165) is 18.5 Å². The van der Waals surface area contributed by atoms with Crippen LogP contribution in [0.2, 0.25) is 0 Å². The normalized spacial score (nSPS) is 21.7. The number of nitrogens with zero attached hydrogens (tertiary/aromatic N) is 1. The Balaban J connectivity index is 1.97. The predicted molar refractivity (Wildman–Crippen MR) is 81.8 cm³/mol. The van der Waals surface area contributed by atoms with Crippen molar-refractivity contribution in [2.75, 3.05) is 11.9 Å². The van der Waals surface area contributed by atoms with E-state index < -0.39 is 0 Å². The molecule has 1 heterocycles. The van der Waals surface area contributed by atoms with Crippen LogP contribution < -0.4 is 4.90 Å². The van der Waals surface area contributed by atoms with E-state index >= 15 is 0 Å². The highest BCUT2D eigenvalue weighted by molar-refractivity contribution is 6.00. The SMILES string of the molecule is CN1C(=O)C(C)(Cc2ccccc2)Cc2ccccc21. The predicted octanol–water partition coefficient (Wildman–Crippen LogP) is 3.45. The highest BCUT2D eigenvalue weighted by Gasteiger charge is 2.40. The van der Waals surface area contributed by atoms with E-state index in [1.54, 1.807) is 0 Å². The molecule has 0 spiro atoms. The van der Waals surface area contributed by atoms with Gasteiger partial charge in [-0.05, 0) is 30.0 Å². The van der Waals surface area contributed by atoms with Crippen LogP contribution in [0, 0.1) is 5.41 Å². The Morgan fingerprint density at radius 2 is 1.70 bits per heavy atom. The van der Waals surface area contributed by atoms with Crippen LogP contribution in [0.4, 0.5) is 5.69 Å². The third kappa shape index (κ3) is 2.11. The summed E-state index contributed by atoms with van der Waals surface area (Å²) in [5.74, 6) is 0.208. The molecule has 0 aliphatic carbocycles. The first-order valence-electron chi connectivity index (χ1n) is 7.00. The first-order valence-corrected chi connectivity index (χ1v) is 7.00. The lowest BCUT2D eigenvalue weighted by molar-refractivity contribution is -0.127. The molecule has 2 aromatic carbocycles. The first-order chi connectivity index (χ1) is 9.60. The second-order valence-electron chi connectivity index (χ2n) is 5.89. The van der Waals surface area contributed by atoms with E-state index in [1.165, 1.54) is 11.1 Å². The molecule has 0 N–H and O–H groups in total. The maximum atomic E-state index is 12.7. The number of anilines is 1. The van der Waals surface area contributed by atoms with E-state index in [-0.39, 0.29) is 11.3 Å². The quantitative estimate of drug-likeness (QED) is 0.814. The standard InChI is InChI=1S/C18H19NO/c1-18(12-14-8-4-3-5-9-14)13-15-10-6-7-11-16(15)19(2)17(18)20/h3-11H,12-13H2,1-2H3. The molecule has 2 aromatic rings. The molecular weight excluding hydrogens is 246 g/mol. The average Bonchev–Trinajstić information content (AvgIpc) is 2.46. The van der Waals surface area contributed by atoms with Crippen molar-refractivity contribution in [3.63, 3.8) is 0 Å². The average molecular weight is 265 g/mol. The molecule has 0 aromatic heterocycles. The highest BCUT2D eigenvalue weighted by atomic mass is 16.2. The van der Waals surface area contributed by atoms with Crippen molar-refractivity contribution in [3.8, 4) is 0 Å². The molecule has 0 saturated carbocycles. The third-order valence-electron chi connectivity index (χ3n) is 4.19. The summed E-state index contributed by atoms with van der Waals surface area (Å²) < 4.78 is 0. The maximum Gasteiger partial charge on any atom is 0.233 e. The van der Waals surface area contributed by atoms with Gasteiger partial charge in [-0.3, -0.25) is 4.79 Å². The van der Waals surface area contributed by atoms with Crippen LogP contribution >= 0.6 is 0 Å². The number of rotatable bonds is 2. The van der Waals surface area contributed by atoms with Crippen molar-refractivity contribution in [3.05, 3.63) is 65.7 Å². The molecule has 1 atom stereocenters. The van der Waals surface area contributed by atoms with Crippen LogP contribution in [-0.4, -0.2) is 13.0 Å². The number of carbonyl (C=O) groups is 1. The Bertz CT molecular complexity index is 635. The van der Waals surface area contributed by atoms with Gasteiger partial charge < -0.3 is 4.90 Å². The molecule has 2 heteroatoms. The van der Waals surface area contributed by atoms with Crippen molar-refractivity contribution in [2.45, 2.75) is 19.8 Å². The van der Waals surface area contributed by atoms with Gasteiger partial charge in [-0.1, -0.05) is 55.5 Å². The minimum atomic E-state index is -0.357. The second-order valence-corrected chi connectivity index (χ2v) is 5.89. The number of carbonyl (C=O) groups excluding carboxylic acids is 1. The Kier molecular flexibility index (Phi) is 3.09. The molecule has 102 valence electrons. The third-order valence-corrected chi connectivity index (χ3v) is 4.19. The Hall–Kier alpha value is -2.09. The van der Waals surface area contributed by atoms with E-state index in [4.69, 9.17) is 0 Å². The smallest absolute Gasteiger partial charge is 0.233 e. The van der Waals surface area contributed by atoms with E-state index in [0.29, 0.717) is 0 Å². The van der Waals surface area contributed by atoms with Gasteiger partial charge in [0.25, 0.3) is 0 Å². The van der Waals surface area contributed by atoms with Crippen molar-refractivity contribution >= 4 is 11.6 Å². The van der Waals surface area contributed by atoms with E-state index in [1.807, 2.05) is 48.3 Å². The summed E-state index contributed by atoms with van der Waals surface area (Å²) in [5, 5.41) is 0. The zero-order valence-electron chi connectivity index (χ0n) is 12.0. The van der Waals surface area contributed by atoms with Crippen LogP contribution in [0.5, 0.6) is 0 Å². The lowest BCUT2D eigenvalue weighted by Crippen LogP contribution is -2.47. The molecule has 1 aliphatic rings. The molecule has 1 amide bonds. The first kappa shape index (κ1) is 12.9. The fourth-order valence-corrected chi connectivity index (χ4v) is 3.18. The van der Waals surface area contributed by atoms with Crippen molar-refractivity contribution in [1.82, 2.24) is 0 Å². The minimum Gasteiger partial charge on any atom is -0.315 e. The van der Waals surface area contributed by atoms with Gasteiger partial charge in [-0.2, -0.15) is 0 Å². The van der Waals surface area contributed by atoms with E-state index in [9.17, 15) is 4.79 Å². The van der Waals surface area contributed by atoms with Crippen molar-refractivity contribution < 1.29 is 4.79 Å². The van der Waals surface area contributed by atoms with Crippen LogP contribution in [0.1, 0.15) is 18.1 Å². The molecule has 1 aliphatic heterocycles. The van der Waals surface area contributed by atoms with Gasteiger partial charge in [0.15, 0.2) is 0 Å². The van der Waals surface area contributed by atoms with Gasteiger partial charge in [0.1, 0.15) is 0 Å². The summed E-state index contributed by atoms with van der Waals surface area (Å²) in [5.41, 5.74) is 3.16. The minimum absolute atomic E-state index is 0.208. The summed E-state index contributed by atoms with van der Waals surface area (Å²) in [6.07, 6.45) is 1.59. The zero-order chi connectivity index (χ0) is 14.2. The summed E-state index contributed by atoms with van der Waals surface area (Å²) in [4.78, 5) is 14.5. The van der Waals surface area contributed by atoms with Gasteiger partial charge in [0.05, 0.1) is 5.41 Å². The Labute approximate surface area is 120 Å². The topological polar surface area (TPSA) is 20.3 Å². The van der Waals surface area contributed by atoms with Gasteiger partial charge in [0.2, 0.25) is 5.91 Å². The molecular formula is C18H19NO. The van der Waals surface area contributed by atoms with Crippen LogP contribution in [0.25, 0.3) is 0 Å². The Morgan fingerprint density at radius 3 is 2.45 bits per heavy atom. The molecule has 0 radical (unpaired) electrons. The fourth-order valence-electron chi connectivity index (χ4n) is 3.18. The molecule has 20 heavy (non-hydrogen) atoms. The van der Waals surface area contributed by atoms with Crippen LogP contribution in [0.3, 0.4) is 0 Å². The maximum absolute atomic E-state index is 12.7. The molecule has 2 nitrogen and oxygen atoms in total. The highest BCUT2D eigenvalue weighted by Crippen LogP contribution is 2.38. The number of hydrogen-bond acceptors (Lipinski definition) is 1. The fraction of sp³-hybridized carbons (Fsp3) is 0.278. The van der Waals surface area contributed by atoms with Crippen molar-refractivity contribution in [1.29, 1.82) is 0 Å². The monoisotopic (exact) mass is 265 g/mol. The number of para-hydroxylation sites is 1. The van der Waals surface area contributed by atoms with Gasteiger partial charge in [-0.25, -0.2) is 0 Å². The molecule has 0 bridgehead atoms. The van der Waals surface area contributed by atoms with Gasteiger partial charge in [0, 0.05) is 12.7 Å². The lowest BCUT2D eigenvalue weighted by atomic mass is 9.74. The van der Waals surface area contributed by atoms with E-state index in [2.05, 4.69) is 25.1 Å². The van der Waals surface area contributed by atoms with Crippen LogP contribution in [-0.2, 0) is 17.6 Å². The van der Waals surface area contributed by atoms with Crippen LogP contribution in [0.15, 0.2) is 54.6 Å². The molecule has 0 saturated heterocycles. The number of amides is 1. The zero-order valence-corrected chi connectivity index (χ0v) is 12.0. The summed E-state index contributed by atoms with van der Waals surface area (Å²) in [6, 6.07) is 18.5. The molecule has 3 rings (SSSR count). The second kappa shape index (κ2) is 4.78.